The number of nitrogens with zero attached hydrogens (tertiary/aromatic N) is 2. The van der Waals surface area contributed by atoms with Crippen LogP contribution in [0.1, 0.15) is 12.8 Å². The Morgan fingerprint density at radius 1 is 1.62 bits per heavy atom. The van der Waals surface area contributed by atoms with Crippen LogP contribution < -0.4 is 0 Å². The Hall–Kier alpha value is -0.710. The van der Waals surface area contributed by atoms with E-state index in [1.807, 2.05) is 6.07 Å². The van der Waals surface area contributed by atoms with Crippen molar-refractivity contribution in [3.63, 3.8) is 0 Å². The highest BCUT2D eigenvalue weighted by Gasteiger charge is 1.78. The maximum Gasteiger partial charge on any atom is 0.0622 e. The Labute approximate surface area is 53.8 Å². The molecule has 0 unspecified atom stereocenters. The van der Waals surface area contributed by atoms with Gasteiger partial charge in [0.15, 0.2) is 0 Å². The zero-order chi connectivity index (χ0) is 6.24. The summed E-state index contributed by atoms with van der Waals surface area (Å²) < 4.78 is 0. The number of unbranched alkanes of at least 4 members (excludes halogenated alkanes) is 1. The van der Waals surface area contributed by atoms with Crippen molar-refractivity contribution < 1.29 is 0 Å². The van der Waals surface area contributed by atoms with Gasteiger partial charge in [0, 0.05) is 6.42 Å². The molecule has 8 heavy (non-hydrogen) atoms. The van der Waals surface area contributed by atoms with Gasteiger partial charge in [-0.3, -0.25) is 0 Å². The zero-order valence-corrected chi connectivity index (χ0v) is 5.24. The second kappa shape index (κ2) is 6.29. The molecule has 0 aromatic rings. The van der Waals surface area contributed by atoms with Crippen molar-refractivity contribution in [2.24, 2.45) is 4.99 Å². The fourth-order valence-electron chi connectivity index (χ4n) is 0.283. The predicted molar refractivity (Wildman–Crippen MR) is 34.7 cm³/mol. The molecule has 0 aromatic carbocycles. The van der Waals surface area contributed by atoms with Crippen LogP contribution in [0.3, 0.4) is 0 Å². The molecule has 0 aliphatic heterocycles. The smallest absolute Gasteiger partial charge is 0.0622 e. The second-order valence-corrected chi connectivity index (χ2v) is 1.42. The lowest BCUT2D eigenvalue weighted by Gasteiger charge is -1.79. The summed E-state index contributed by atoms with van der Waals surface area (Å²) in [4.78, 5) is 3.62. The van der Waals surface area contributed by atoms with Crippen LogP contribution in [0.4, 0.5) is 0 Å². The highest BCUT2D eigenvalue weighted by molar-refractivity contribution is 7.78. The molecule has 2 nitrogen and oxygen atoms in total. The summed E-state index contributed by atoms with van der Waals surface area (Å²) in [6, 6.07) is 2.00. The highest BCUT2D eigenvalue weighted by Crippen LogP contribution is 1.84. The van der Waals surface area contributed by atoms with Crippen LogP contribution in [0.15, 0.2) is 4.99 Å². The maximum atomic E-state index is 8.03. The van der Waals surface area contributed by atoms with Gasteiger partial charge in [0.05, 0.1) is 17.8 Å². The van der Waals surface area contributed by atoms with Crippen LogP contribution >= 0.6 is 12.2 Å². The van der Waals surface area contributed by atoms with Crippen molar-refractivity contribution in [3.8, 4) is 6.07 Å². The van der Waals surface area contributed by atoms with Crippen molar-refractivity contribution in [1.82, 2.24) is 0 Å². The number of thiocarbonyl (C=S) groups is 1. The third-order valence-corrected chi connectivity index (χ3v) is 0.752. The molecular formula is C5H6N2S. The molecule has 0 bridgehead atoms. The SMILES string of the molecule is N#CCCCN=C=S. The molecule has 0 fully saturated rings. The van der Waals surface area contributed by atoms with Crippen LogP contribution in [0.5, 0.6) is 0 Å². The Kier molecular flexibility index (Phi) is 5.73. The minimum Gasteiger partial charge on any atom is -0.233 e. The van der Waals surface area contributed by atoms with E-state index < -0.39 is 0 Å². The number of hydrogen-bond acceptors (Lipinski definition) is 3. The molecule has 0 heterocycles. The third-order valence-electron chi connectivity index (χ3n) is 0.623. The van der Waals surface area contributed by atoms with Crippen molar-refractivity contribution >= 4 is 17.4 Å². The van der Waals surface area contributed by atoms with Gasteiger partial charge in [-0.1, -0.05) is 0 Å². The summed E-state index contributed by atoms with van der Waals surface area (Å²) in [5.41, 5.74) is 0. The molecule has 0 radical (unpaired) electrons. The van der Waals surface area contributed by atoms with Crippen LogP contribution in [0.2, 0.25) is 0 Å². The normalized spacial score (nSPS) is 6.88. The van der Waals surface area contributed by atoms with Crippen molar-refractivity contribution in [1.29, 1.82) is 5.26 Å². The molecule has 0 saturated carbocycles. The molecule has 0 amide bonds. The van der Waals surface area contributed by atoms with Gasteiger partial charge in [-0.05, 0) is 18.6 Å². The van der Waals surface area contributed by atoms with Crippen LogP contribution in [-0.2, 0) is 0 Å². The molecule has 0 aliphatic rings. The summed E-state index contributed by atoms with van der Waals surface area (Å²) in [5.74, 6) is 0. The standard InChI is InChI=1S/C5H6N2S/c6-3-1-2-4-7-5-8/h1-2,4H2. The van der Waals surface area contributed by atoms with E-state index in [-0.39, 0.29) is 0 Å². The molecule has 0 N–H and O–H groups in total. The van der Waals surface area contributed by atoms with Gasteiger partial charge in [0.25, 0.3) is 0 Å². The first-order valence-corrected chi connectivity index (χ1v) is 2.73. The van der Waals surface area contributed by atoms with E-state index in [0.29, 0.717) is 13.0 Å². The average molecular weight is 126 g/mol. The molecule has 0 saturated heterocycles. The number of hydrogen-bond donors (Lipinski definition) is 0. The van der Waals surface area contributed by atoms with Crippen LogP contribution in [0.25, 0.3) is 0 Å². The van der Waals surface area contributed by atoms with Crippen molar-refractivity contribution in [2.75, 3.05) is 6.54 Å². The fourth-order valence-corrected chi connectivity index (χ4v) is 0.374. The molecule has 0 atom stereocenters. The largest absolute Gasteiger partial charge is 0.233 e. The average Bonchev–Trinajstić information content (AvgIpc) is 1.81. The van der Waals surface area contributed by atoms with E-state index in [1.54, 1.807) is 0 Å². The monoisotopic (exact) mass is 126 g/mol. The number of rotatable bonds is 3. The van der Waals surface area contributed by atoms with Gasteiger partial charge in [-0.15, -0.1) is 0 Å². The van der Waals surface area contributed by atoms with Gasteiger partial charge in [0.2, 0.25) is 0 Å². The zero-order valence-electron chi connectivity index (χ0n) is 4.42. The molecule has 42 valence electrons. The molecule has 3 heteroatoms. The van der Waals surface area contributed by atoms with E-state index in [9.17, 15) is 0 Å². The second-order valence-electron chi connectivity index (χ2n) is 1.23. The molecule has 0 aliphatic carbocycles. The molecule has 0 aromatic heterocycles. The Balaban J connectivity index is 2.96. The summed E-state index contributed by atoms with van der Waals surface area (Å²) in [6.07, 6.45) is 1.35. The topological polar surface area (TPSA) is 36.1 Å². The molecule has 0 rings (SSSR count). The highest BCUT2D eigenvalue weighted by atomic mass is 32.1. The predicted octanol–water partition coefficient (Wildman–Crippen LogP) is 1.39. The maximum absolute atomic E-state index is 8.03. The van der Waals surface area contributed by atoms with Gasteiger partial charge in [-0.25, -0.2) is 4.99 Å². The van der Waals surface area contributed by atoms with Gasteiger partial charge < -0.3 is 0 Å². The number of nitriles is 1. The third kappa shape index (κ3) is 5.29. The van der Waals surface area contributed by atoms with Gasteiger partial charge in [-0.2, -0.15) is 5.26 Å². The van der Waals surface area contributed by atoms with E-state index >= 15 is 0 Å². The summed E-state index contributed by atoms with van der Waals surface area (Å²) in [7, 11) is 0. The molecular weight excluding hydrogens is 120 g/mol. The van der Waals surface area contributed by atoms with E-state index in [2.05, 4.69) is 22.4 Å². The Morgan fingerprint density at radius 2 is 2.38 bits per heavy atom. The van der Waals surface area contributed by atoms with Gasteiger partial charge in [0.1, 0.15) is 0 Å². The number of isothiocyanates is 1. The lowest BCUT2D eigenvalue weighted by molar-refractivity contribution is 0.868. The van der Waals surface area contributed by atoms with E-state index in [0.717, 1.165) is 6.42 Å². The minimum absolute atomic E-state index is 0.556. The van der Waals surface area contributed by atoms with E-state index in [4.69, 9.17) is 5.26 Å². The Bertz CT molecular complexity index is 130. The minimum atomic E-state index is 0.556. The van der Waals surface area contributed by atoms with E-state index in [1.165, 1.54) is 0 Å². The molecule has 0 spiro atoms. The Morgan fingerprint density at radius 3 is 2.88 bits per heavy atom. The fraction of sp³-hybridized carbons (Fsp3) is 0.600. The van der Waals surface area contributed by atoms with Gasteiger partial charge >= 0.3 is 0 Å². The lowest BCUT2D eigenvalue weighted by atomic mass is 10.3. The van der Waals surface area contributed by atoms with Crippen LogP contribution in [0, 0.1) is 11.3 Å². The van der Waals surface area contributed by atoms with Crippen molar-refractivity contribution in [3.05, 3.63) is 0 Å². The lowest BCUT2D eigenvalue weighted by Crippen LogP contribution is -1.75. The summed E-state index contributed by atoms with van der Waals surface area (Å²) in [5, 5.41) is 10.3. The first-order valence-electron chi connectivity index (χ1n) is 2.32. The van der Waals surface area contributed by atoms with Crippen molar-refractivity contribution in [2.45, 2.75) is 12.8 Å². The first-order chi connectivity index (χ1) is 3.91. The summed E-state index contributed by atoms with van der Waals surface area (Å²) >= 11 is 4.30. The quantitative estimate of drug-likeness (QED) is 0.325. The number of aliphatic imine (C=N–C) groups is 1. The summed E-state index contributed by atoms with van der Waals surface area (Å²) in [6.45, 7) is 0.636. The first kappa shape index (κ1) is 7.29. The van der Waals surface area contributed by atoms with Crippen LogP contribution in [-0.4, -0.2) is 11.7 Å².